The summed E-state index contributed by atoms with van der Waals surface area (Å²) in [5.41, 5.74) is 2.41. The first-order valence-corrected chi connectivity index (χ1v) is 12.4. The number of carbonyl (C=O) groups is 2. The zero-order valence-electron chi connectivity index (χ0n) is 19.9. The Labute approximate surface area is 197 Å². The van der Waals surface area contributed by atoms with Gasteiger partial charge in [0.25, 0.3) is 5.91 Å². The SMILES string of the molecule is CCCCN(CCCC)CCNC(=O)c1ccc(Sc2ccc(C)cc2)c(NC(C)=O)c1. The maximum atomic E-state index is 12.8. The lowest BCUT2D eigenvalue weighted by Crippen LogP contribution is -2.36. The molecule has 0 aliphatic rings. The number of hydrogen-bond acceptors (Lipinski definition) is 4. The first-order valence-electron chi connectivity index (χ1n) is 11.6. The molecular formula is C26H37N3O2S. The number of unbranched alkanes of at least 4 members (excludes halogenated alkanes) is 2. The molecule has 6 heteroatoms. The van der Waals surface area contributed by atoms with Crippen LogP contribution in [0.4, 0.5) is 5.69 Å². The van der Waals surface area contributed by atoms with E-state index in [0.29, 0.717) is 17.8 Å². The third-order valence-electron chi connectivity index (χ3n) is 5.17. The maximum absolute atomic E-state index is 12.8. The first kappa shape index (κ1) is 25.9. The molecule has 0 spiro atoms. The molecular weight excluding hydrogens is 418 g/mol. The fraction of sp³-hybridized carbons (Fsp3) is 0.462. The second kappa shape index (κ2) is 14.0. The highest BCUT2D eigenvalue weighted by atomic mass is 32.2. The average molecular weight is 456 g/mol. The van der Waals surface area contributed by atoms with Gasteiger partial charge in [0.05, 0.1) is 5.69 Å². The van der Waals surface area contributed by atoms with E-state index in [1.165, 1.54) is 38.2 Å². The fourth-order valence-electron chi connectivity index (χ4n) is 3.31. The molecule has 0 unspecified atom stereocenters. The van der Waals surface area contributed by atoms with E-state index in [0.717, 1.165) is 29.4 Å². The molecule has 2 aromatic carbocycles. The van der Waals surface area contributed by atoms with Crippen LogP contribution in [0.1, 0.15) is 62.4 Å². The zero-order chi connectivity index (χ0) is 23.3. The standard InChI is InChI=1S/C26H37N3O2S/c1-5-7-16-29(17-8-6-2)18-15-27-26(31)22-11-14-25(24(19-22)28-21(4)30)32-23-12-9-20(3)10-13-23/h9-14,19H,5-8,15-18H2,1-4H3,(H,27,31)(H,28,30). The molecule has 32 heavy (non-hydrogen) atoms. The van der Waals surface area contributed by atoms with Gasteiger partial charge in [0.1, 0.15) is 0 Å². The maximum Gasteiger partial charge on any atom is 0.251 e. The summed E-state index contributed by atoms with van der Waals surface area (Å²) in [6.45, 7) is 11.5. The molecule has 174 valence electrons. The molecule has 0 aliphatic heterocycles. The number of hydrogen-bond donors (Lipinski definition) is 2. The number of nitrogens with zero attached hydrogens (tertiary/aromatic N) is 1. The number of carbonyl (C=O) groups excluding carboxylic acids is 2. The molecule has 0 aromatic heterocycles. The van der Waals surface area contributed by atoms with E-state index >= 15 is 0 Å². The van der Waals surface area contributed by atoms with Gasteiger partial charge in [-0.15, -0.1) is 0 Å². The number of nitrogens with one attached hydrogen (secondary N) is 2. The van der Waals surface area contributed by atoms with Crippen molar-refractivity contribution in [1.29, 1.82) is 0 Å². The monoisotopic (exact) mass is 455 g/mol. The van der Waals surface area contributed by atoms with Crippen LogP contribution in [0.15, 0.2) is 52.3 Å². The summed E-state index contributed by atoms with van der Waals surface area (Å²) in [5, 5.41) is 5.91. The Hall–Kier alpha value is -2.31. The molecule has 0 radical (unpaired) electrons. The van der Waals surface area contributed by atoms with Gasteiger partial charge in [0.15, 0.2) is 0 Å². The number of benzene rings is 2. The largest absolute Gasteiger partial charge is 0.351 e. The van der Waals surface area contributed by atoms with Gasteiger partial charge in [-0.2, -0.15) is 0 Å². The molecule has 0 atom stereocenters. The van der Waals surface area contributed by atoms with Crippen LogP contribution in [0.25, 0.3) is 0 Å². The quantitative estimate of drug-likeness (QED) is 0.404. The van der Waals surface area contributed by atoms with Crippen molar-refractivity contribution in [2.24, 2.45) is 0 Å². The lowest BCUT2D eigenvalue weighted by Gasteiger charge is -2.22. The Bertz CT molecular complexity index is 860. The van der Waals surface area contributed by atoms with Crippen molar-refractivity contribution in [3.63, 3.8) is 0 Å². The topological polar surface area (TPSA) is 61.4 Å². The Morgan fingerprint density at radius 3 is 2.19 bits per heavy atom. The Balaban J connectivity index is 2.03. The van der Waals surface area contributed by atoms with Gasteiger partial charge in [-0.1, -0.05) is 56.1 Å². The molecule has 5 nitrogen and oxygen atoms in total. The van der Waals surface area contributed by atoms with Crippen LogP contribution in [0.3, 0.4) is 0 Å². The van der Waals surface area contributed by atoms with E-state index < -0.39 is 0 Å². The number of amides is 2. The Morgan fingerprint density at radius 1 is 0.938 bits per heavy atom. The lowest BCUT2D eigenvalue weighted by molar-refractivity contribution is -0.114. The van der Waals surface area contributed by atoms with Gasteiger partial charge in [0.2, 0.25) is 5.91 Å². The molecule has 0 fully saturated rings. The van der Waals surface area contributed by atoms with Gasteiger partial charge in [-0.3, -0.25) is 9.59 Å². The van der Waals surface area contributed by atoms with Crippen LogP contribution >= 0.6 is 11.8 Å². The van der Waals surface area contributed by atoms with Gasteiger partial charge in [-0.05, 0) is 63.2 Å². The van der Waals surface area contributed by atoms with Crippen molar-refractivity contribution in [3.05, 3.63) is 53.6 Å². The van der Waals surface area contributed by atoms with E-state index in [2.05, 4.69) is 60.6 Å². The lowest BCUT2D eigenvalue weighted by atomic mass is 10.2. The molecule has 0 heterocycles. The highest BCUT2D eigenvalue weighted by Gasteiger charge is 2.13. The highest BCUT2D eigenvalue weighted by molar-refractivity contribution is 7.99. The summed E-state index contributed by atoms with van der Waals surface area (Å²) >= 11 is 1.57. The van der Waals surface area contributed by atoms with E-state index in [1.54, 1.807) is 17.8 Å². The summed E-state index contributed by atoms with van der Waals surface area (Å²) in [5.74, 6) is -0.273. The van der Waals surface area contributed by atoms with Crippen LogP contribution in [-0.2, 0) is 4.79 Å². The second-order valence-corrected chi connectivity index (χ2v) is 9.23. The predicted molar refractivity (Wildman–Crippen MR) is 135 cm³/mol. The third-order valence-corrected chi connectivity index (χ3v) is 6.25. The van der Waals surface area contributed by atoms with Crippen molar-refractivity contribution in [2.75, 3.05) is 31.5 Å². The Kier molecular flexibility index (Phi) is 11.3. The molecule has 0 aliphatic carbocycles. The van der Waals surface area contributed by atoms with Gasteiger partial charge >= 0.3 is 0 Å². The average Bonchev–Trinajstić information content (AvgIpc) is 2.77. The molecule has 2 rings (SSSR count). The van der Waals surface area contributed by atoms with Crippen LogP contribution in [0, 0.1) is 6.92 Å². The fourth-order valence-corrected chi connectivity index (χ4v) is 4.19. The minimum Gasteiger partial charge on any atom is -0.351 e. The molecule has 2 N–H and O–H groups in total. The minimum absolute atomic E-state index is 0.116. The highest BCUT2D eigenvalue weighted by Crippen LogP contribution is 2.34. The van der Waals surface area contributed by atoms with E-state index in [9.17, 15) is 9.59 Å². The van der Waals surface area contributed by atoms with Crippen LogP contribution in [0.5, 0.6) is 0 Å². The van der Waals surface area contributed by atoms with E-state index in [1.807, 2.05) is 12.1 Å². The van der Waals surface area contributed by atoms with E-state index in [4.69, 9.17) is 0 Å². The van der Waals surface area contributed by atoms with Gasteiger partial charge < -0.3 is 15.5 Å². The summed E-state index contributed by atoms with van der Waals surface area (Å²) in [6, 6.07) is 13.7. The summed E-state index contributed by atoms with van der Waals surface area (Å²) in [6.07, 6.45) is 4.71. The molecule has 0 saturated heterocycles. The smallest absolute Gasteiger partial charge is 0.251 e. The van der Waals surface area contributed by atoms with Crippen LogP contribution in [-0.4, -0.2) is 42.9 Å². The normalized spacial score (nSPS) is 10.9. The van der Waals surface area contributed by atoms with Gasteiger partial charge in [0, 0.05) is 35.4 Å². The van der Waals surface area contributed by atoms with Crippen LogP contribution in [0.2, 0.25) is 0 Å². The summed E-state index contributed by atoms with van der Waals surface area (Å²) in [4.78, 5) is 28.9. The number of rotatable bonds is 13. The molecule has 2 aromatic rings. The van der Waals surface area contributed by atoms with Crippen molar-refractivity contribution in [2.45, 2.75) is 63.2 Å². The minimum atomic E-state index is -0.157. The van der Waals surface area contributed by atoms with Crippen LogP contribution < -0.4 is 10.6 Å². The molecule has 0 saturated carbocycles. The zero-order valence-corrected chi connectivity index (χ0v) is 20.7. The molecule has 0 bridgehead atoms. The van der Waals surface area contributed by atoms with Gasteiger partial charge in [-0.25, -0.2) is 0 Å². The predicted octanol–water partition coefficient (Wildman–Crippen LogP) is 5.74. The number of aryl methyl sites for hydroxylation is 1. The van der Waals surface area contributed by atoms with Crippen molar-refractivity contribution in [3.8, 4) is 0 Å². The Morgan fingerprint density at radius 2 is 1.59 bits per heavy atom. The second-order valence-electron chi connectivity index (χ2n) is 8.11. The third kappa shape index (κ3) is 9.05. The summed E-state index contributed by atoms with van der Waals surface area (Å²) < 4.78 is 0. The number of anilines is 1. The van der Waals surface area contributed by atoms with E-state index in [-0.39, 0.29) is 11.8 Å². The van der Waals surface area contributed by atoms with Crippen molar-refractivity contribution < 1.29 is 9.59 Å². The van der Waals surface area contributed by atoms with Crippen molar-refractivity contribution in [1.82, 2.24) is 10.2 Å². The summed E-state index contributed by atoms with van der Waals surface area (Å²) in [7, 11) is 0. The molecule has 2 amide bonds. The first-order chi connectivity index (χ1) is 15.4. The van der Waals surface area contributed by atoms with Crippen molar-refractivity contribution >= 4 is 29.3 Å².